The van der Waals surface area contributed by atoms with Gasteiger partial charge in [-0.1, -0.05) is 0 Å². The number of hydrogen-bond acceptors (Lipinski definition) is 12. The monoisotopic (exact) mass is 808 g/mol. The molecule has 1 aliphatic carbocycles. The van der Waals surface area contributed by atoms with Gasteiger partial charge in [-0.05, 0) is 70.7 Å². The molecule has 15 nitrogen and oxygen atoms in total. The molecular formula is C41H43F3N12O3. The van der Waals surface area contributed by atoms with Crippen molar-refractivity contribution in [2.45, 2.75) is 88.9 Å². The summed E-state index contributed by atoms with van der Waals surface area (Å²) >= 11 is 0. The lowest BCUT2D eigenvalue weighted by Crippen LogP contribution is -2.65. The van der Waals surface area contributed by atoms with Crippen LogP contribution < -0.4 is 15.1 Å². The van der Waals surface area contributed by atoms with Crippen molar-refractivity contribution in [2.24, 2.45) is 0 Å². The summed E-state index contributed by atoms with van der Waals surface area (Å²) in [5.74, 6) is -0.423. The highest BCUT2D eigenvalue weighted by Crippen LogP contribution is 2.46. The van der Waals surface area contributed by atoms with Crippen LogP contribution in [0.15, 0.2) is 48.8 Å². The number of aryl methyl sites for hydroxylation is 1. The molecule has 4 aromatic heterocycles. The minimum Gasteiger partial charge on any atom is -0.390 e. The highest BCUT2D eigenvalue weighted by Gasteiger charge is 2.51. The number of amides is 1. The van der Waals surface area contributed by atoms with Crippen molar-refractivity contribution in [3.05, 3.63) is 72.1 Å². The Balaban J connectivity index is 1.10. The first-order chi connectivity index (χ1) is 28.3. The number of benzene rings is 2. The van der Waals surface area contributed by atoms with Gasteiger partial charge >= 0.3 is 0 Å². The molecule has 2 N–H and O–H groups in total. The molecule has 2 saturated heterocycles. The molecule has 2 unspecified atom stereocenters. The van der Waals surface area contributed by atoms with E-state index in [4.69, 9.17) is 24.7 Å². The number of hydrogen-bond donors (Lipinski definition) is 2. The Morgan fingerprint density at radius 2 is 1.80 bits per heavy atom. The summed E-state index contributed by atoms with van der Waals surface area (Å²) in [6, 6.07) is 6.70. The van der Waals surface area contributed by atoms with E-state index in [2.05, 4.69) is 20.3 Å². The van der Waals surface area contributed by atoms with Gasteiger partial charge in [-0.25, -0.2) is 32.8 Å². The van der Waals surface area contributed by atoms with Crippen LogP contribution in [0.25, 0.3) is 39.0 Å². The molecular weight excluding hydrogens is 766 g/mol. The molecule has 18 heteroatoms. The zero-order chi connectivity index (χ0) is 40.9. The number of imidazole rings is 1. The molecule has 4 aliphatic rings. The Morgan fingerprint density at radius 3 is 2.58 bits per heavy atom. The summed E-state index contributed by atoms with van der Waals surface area (Å²) in [5.41, 5.74) is 1.69. The van der Waals surface area contributed by atoms with Gasteiger partial charge < -0.3 is 34.4 Å². The number of nitrogens with zero attached hydrogens (tertiary/aromatic N) is 11. The zero-order valence-corrected chi connectivity index (χ0v) is 33.0. The molecule has 10 rings (SSSR count). The Labute approximate surface area is 336 Å². The van der Waals surface area contributed by atoms with Gasteiger partial charge in [0.25, 0.3) is 0 Å². The first-order valence-corrected chi connectivity index (χ1v) is 20.0. The van der Waals surface area contributed by atoms with Gasteiger partial charge in [0.1, 0.15) is 35.0 Å². The van der Waals surface area contributed by atoms with Crippen LogP contribution in [0.2, 0.25) is 0 Å². The van der Waals surface area contributed by atoms with Crippen LogP contribution in [0.3, 0.4) is 0 Å². The standard InChI is InChI=1S/C41H43F3N12O3/c1-5-59-27-19-52(4)38(57)34-13-24(48-39-45-9-8-31(49-39)28-10-23(43)12-32-35(28)53(20-27)21(2)47-32)18-54(34)36-29-17-46-56(33-7-6-22(42)11-30(33)44)37(29)51-40(50-36)55-25-14-26(55)16-41(3,58)15-25/h6-12,17,24-27,34,58H,5,13-16,18-20H2,1-4H3,(H,45,48,49)/t24-,25?,26?,27-,34-,41?/m0/s1. The number of likely N-dealkylation sites (N-methyl/N-ethyl adjacent to an activating group) is 1. The number of nitrogens with one attached hydrogen (secondary N) is 1. The van der Waals surface area contributed by atoms with E-state index in [0.717, 1.165) is 18.6 Å². The smallest absolute Gasteiger partial charge is 0.245 e. The summed E-state index contributed by atoms with van der Waals surface area (Å²) in [7, 11) is 1.75. The number of carbonyl (C=O) groups excluding carboxylic acids is 1. The molecule has 6 bridgehead atoms. The minimum atomic E-state index is -0.829. The number of rotatable bonds is 5. The number of fused-ring (bicyclic) bond motifs is 8. The molecule has 6 aromatic rings. The number of carbonyl (C=O) groups is 1. The molecule has 306 valence electrons. The predicted octanol–water partition coefficient (Wildman–Crippen LogP) is 4.78. The van der Waals surface area contributed by atoms with Crippen molar-refractivity contribution >= 4 is 45.7 Å². The predicted molar refractivity (Wildman–Crippen MR) is 213 cm³/mol. The SMILES string of the molecule is CCO[C@H]1CN(C)C(=O)[C@@H]2C[C@@H](CN2c2nc(N3C4CC3CC(C)(O)C4)nc3c2cnn3-c2ccc(F)cc2F)Nc2nccc(n2)-c2cc(F)cc3nc(C)n(c23)C1. The van der Waals surface area contributed by atoms with Crippen LogP contribution >= 0.6 is 0 Å². The zero-order valence-electron chi connectivity index (χ0n) is 33.0. The van der Waals surface area contributed by atoms with Gasteiger partial charge in [-0.2, -0.15) is 15.1 Å². The lowest BCUT2D eigenvalue weighted by atomic mass is 9.72. The third kappa shape index (κ3) is 6.39. The third-order valence-corrected chi connectivity index (χ3v) is 12.2. The second-order valence-corrected chi connectivity index (χ2v) is 16.5. The maximum absolute atomic E-state index is 15.4. The Bertz CT molecular complexity index is 2640. The van der Waals surface area contributed by atoms with Gasteiger partial charge in [0.15, 0.2) is 11.5 Å². The number of anilines is 3. The van der Waals surface area contributed by atoms with E-state index in [1.807, 2.05) is 30.2 Å². The molecule has 3 fully saturated rings. The van der Waals surface area contributed by atoms with Gasteiger partial charge in [-0.15, -0.1) is 0 Å². The Hall–Kier alpha value is -5.88. The summed E-state index contributed by atoms with van der Waals surface area (Å²) in [4.78, 5) is 44.8. The molecule has 59 heavy (non-hydrogen) atoms. The van der Waals surface area contributed by atoms with Gasteiger partial charge in [-0.3, -0.25) is 4.79 Å². The van der Waals surface area contributed by atoms with Crippen molar-refractivity contribution in [1.82, 2.24) is 44.2 Å². The average Bonchev–Trinajstić information content (AvgIpc) is 3.88. The van der Waals surface area contributed by atoms with E-state index >= 15 is 8.78 Å². The number of ether oxygens (including phenoxy) is 1. The molecule has 1 saturated carbocycles. The number of aliphatic hydroxyl groups is 1. The molecule has 0 spiro atoms. The topological polar surface area (TPSA) is 155 Å². The van der Waals surface area contributed by atoms with Crippen molar-refractivity contribution in [1.29, 1.82) is 0 Å². The Kier molecular flexibility index (Phi) is 8.79. The highest BCUT2D eigenvalue weighted by atomic mass is 19.1. The fraction of sp³-hybridized carbons (Fsp3) is 0.439. The van der Waals surface area contributed by atoms with Crippen molar-refractivity contribution in [3.8, 4) is 16.9 Å². The van der Waals surface area contributed by atoms with E-state index in [-0.39, 0.29) is 48.5 Å². The highest BCUT2D eigenvalue weighted by molar-refractivity contribution is 5.94. The fourth-order valence-corrected chi connectivity index (χ4v) is 9.73. The van der Waals surface area contributed by atoms with E-state index in [1.54, 1.807) is 30.4 Å². The van der Waals surface area contributed by atoms with Gasteiger partial charge in [0.2, 0.25) is 17.8 Å². The van der Waals surface area contributed by atoms with E-state index in [9.17, 15) is 14.3 Å². The summed E-state index contributed by atoms with van der Waals surface area (Å²) in [6.45, 7) is 6.84. The molecule has 2 aromatic carbocycles. The average molecular weight is 809 g/mol. The fourth-order valence-electron chi connectivity index (χ4n) is 9.73. The minimum absolute atomic E-state index is 0.00404. The first kappa shape index (κ1) is 37.4. The van der Waals surface area contributed by atoms with Crippen LogP contribution in [0.1, 0.15) is 45.4 Å². The largest absolute Gasteiger partial charge is 0.390 e. The molecule has 7 heterocycles. The first-order valence-electron chi connectivity index (χ1n) is 20.0. The van der Waals surface area contributed by atoms with Gasteiger partial charge in [0.05, 0.1) is 46.6 Å². The molecule has 3 aliphatic heterocycles. The number of halogens is 3. The van der Waals surface area contributed by atoms with E-state index in [1.165, 1.54) is 22.9 Å². The van der Waals surface area contributed by atoms with Crippen LogP contribution in [0, 0.1) is 24.4 Å². The summed E-state index contributed by atoms with van der Waals surface area (Å²) < 4.78 is 54.2. The Morgan fingerprint density at radius 1 is 0.983 bits per heavy atom. The lowest BCUT2D eigenvalue weighted by Gasteiger charge is -2.57. The van der Waals surface area contributed by atoms with Crippen molar-refractivity contribution < 1.29 is 27.8 Å². The molecule has 0 radical (unpaired) electrons. The number of piperidine rings is 1. The molecule has 5 atom stereocenters. The summed E-state index contributed by atoms with van der Waals surface area (Å²) in [6.07, 6.45) is 4.94. The van der Waals surface area contributed by atoms with Crippen molar-refractivity contribution in [3.63, 3.8) is 0 Å². The summed E-state index contributed by atoms with van der Waals surface area (Å²) in [5, 5.41) is 19.4. The lowest BCUT2D eigenvalue weighted by molar-refractivity contribution is -0.133. The third-order valence-electron chi connectivity index (χ3n) is 12.2. The van der Waals surface area contributed by atoms with E-state index in [0.29, 0.717) is 83.6 Å². The van der Waals surface area contributed by atoms with Crippen molar-refractivity contribution in [2.75, 3.05) is 41.9 Å². The van der Waals surface area contributed by atoms with Gasteiger partial charge in [0, 0.05) is 68.8 Å². The van der Waals surface area contributed by atoms with Crippen LogP contribution in [-0.4, -0.2) is 118 Å². The second kappa shape index (κ2) is 13.9. The van der Waals surface area contributed by atoms with Crippen LogP contribution in [0.4, 0.5) is 30.9 Å². The maximum atomic E-state index is 15.4. The second-order valence-electron chi connectivity index (χ2n) is 16.5. The van der Waals surface area contributed by atoms with E-state index < -0.39 is 35.2 Å². The normalized spacial score (nSPS) is 25.6. The molecule has 1 amide bonds. The number of aromatic nitrogens is 8. The van der Waals surface area contributed by atoms with Crippen LogP contribution in [0.5, 0.6) is 0 Å². The van der Waals surface area contributed by atoms with Crippen LogP contribution in [-0.2, 0) is 16.1 Å². The maximum Gasteiger partial charge on any atom is 0.245 e. The quantitative estimate of drug-likeness (QED) is 0.247.